The highest BCUT2D eigenvalue weighted by molar-refractivity contribution is 5.98. The predicted molar refractivity (Wildman–Crippen MR) is 155 cm³/mol. The maximum Gasteiger partial charge on any atom is 0.410 e. The molecule has 0 spiro atoms. The first-order valence-electron chi connectivity index (χ1n) is 13.7. The second-order valence-electron chi connectivity index (χ2n) is 11.2. The molecule has 0 unspecified atom stereocenters. The number of aromatic nitrogens is 4. The fourth-order valence-electron chi connectivity index (χ4n) is 5.00. The maximum atomic E-state index is 14.5. The van der Waals surface area contributed by atoms with Gasteiger partial charge >= 0.3 is 6.09 Å². The summed E-state index contributed by atoms with van der Waals surface area (Å²) in [7, 11) is 1.35. The molecule has 4 aromatic rings. The fraction of sp³-hybridized carbons (Fsp3) is 0.367. The number of hydrogen-bond acceptors (Lipinski definition) is 8. The molecule has 3 heterocycles. The van der Waals surface area contributed by atoms with Crippen LogP contribution in [0, 0.1) is 5.82 Å². The Morgan fingerprint density at radius 1 is 1.14 bits per heavy atom. The number of rotatable bonds is 6. The molecule has 3 N–H and O–H groups in total. The van der Waals surface area contributed by atoms with E-state index in [4.69, 9.17) is 20.3 Å². The quantitative estimate of drug-likeness (QED) is 0.337. The van der Waals surface area contributed by atoms with Crippen molar-refractivity contribution in [3.05, 3.63) is 65.7 Å². The minimum Gasteiger partial charge on any atom is -0.494 e. The zero-order valence-corrected chi connectivity index (χ0v) is 24.1. The van der Waals surface area contributed by atoms with Crippen molar-refractivity contribution in [2.24, 2.45) is 0 Å². The van der Waals surface area contributed by atoms with Crippen LogP contribution in [0.2, 0.25) is 0 Å². The van der Waals surface area contributed by atoms with Gasteiger partial charge in [-0.2, -0.15) is 5.10 Å². The second-order valence-corrected chi connectivity index (χ2v) is 11.2. The summed E-state index contributed by atoms with van der Waals surface area (Å²) in [6, 6.07) is 11.8. The number of anilines is 1. The fourth-order valence-corrected chi connectivity index (χ4v) is 5.00. The molecule has 0 saturated carbocycles. The third-order valence-electron chi connectivity index (χ3n) is 7.02. The topological polar surface area (TPSA) is 137 Å². The van der Waals surface area contributed by atoms with E-state index in [1.54, 1.807) is 11.0 Å². The molecule has 1 saturated heterocycles. The average Bonchev–Trinajstić information content (AvgIpc) is 3.36. The van der Waals surface area contributed by atoms with Gasteiger partial charge in [0.1, 0.15) is 23.4 Å². The SMILES string of the molecule is COc1cccc(C(=O)NCc2ccc(-c3nn([C@@H]4CCCN(C(=O)OC(C)(C)C)C4)c4ncnc(N)c34)cc2)c1F. The lowest BCUT2D eigenvalue weighted by molar-refractivity contribution is 0.0169. The Hall–Kier alpha value is -4.74. The van der Waals surface area contributed by atoms with E-state index in [-0.39, 0.29) is 30.0 Å². The highest BCUT2D eigenvalue weighted by atomic mass is 19.1. The summed E-state index contributed by atoms with van der Waals surface area (Å²) in [5, 5.41) is 8.28. The third kappa shape index (κ3) is 5.97. The van der Waals surface area contributed by atoms with Crippen molar-refractivity contribution in [1.29, 1.82) is 0 Å². The highest BCUT2D eigenvalue weighted by Crippen LogP contribution is 2.34. The summed E-state index contributed by atoms with van der Waals surface area (Å²) in [6.45, 7) is 6.77. The van der Waals surface area contributed by atoms with Crippen LogP contribution in [-0.4, -0.2) is 62.4 Å². The van der Waals surface area contributed by atoms with E-state index in [0.717, 1.165) is 24.0 Å². The number of ether oxygens (including phenoxy) is 2. The van der Waals surface area contributed by atoms with E-state index in [1.165, 1.54) is 25.6 Å². The molecule has 0 aliphatic carbocycles. The summed E-state index contributed by atoms with van der Waals surface area (Å²) < 4.78 is 26.9. The second kappa shape index (κ2) is 11.6. The van der Waals surface area contributed by atoms with E-state index >= 15 is 0 Å². The number of fused-ring (bicyclic) bond motifs is 1. The van der Waals surface area contributed by atoms with E-state index in [0.29, 0.717) is 35.6 Å². The monoisotopic (exact) mass is 575 g/mol. The Balaban J connectivity index is 1.36. The number of methoxy groups -OCH3 is 1. The van der Waals surface area contributed by atoms with Gasteiger partial charge in [0.05, 0.1) is 24.1 Å². The Kier molecular flexibility index (Phi) is 7.97. The molecule has 11 nitrogen and oxygen atoms in total. The van der Waals surface area contributed by atoms with Crippen molar-refractivity contribution < 1.29 is 23.5 Å². The highest BCUT2D eigenvalue weighted by Gasteiger charge is 2.31. The molecule has 0 radical (unpaired) electrons. The van der Waals surface area contributed by atoms with Gasteiger partial charge in [-0.1, -0.05) is 30.3 Å². The molecule has 5 rings (SSSR count). The number of halogens is 1. The van der Waals surface area contributed by atoms with Crippen LogP contribution in [0.15, 0.2) is 48.8 Å². The average molecular weight is 576 g/mol. The van der Waals surface area contributed by atoms with E-state index in [1.807, 2.05) is 49.7 Å². The summed E-state index contributed by atoms with van der Waals surface area (Å²) in [6.07, 6.45) is 2.66. The lowest BCUT2D eigenvalue weighted by atomic mass is 10.1. The van der Waals surface area contributed by atoms with Gasteiger partial charge in [0.15, 0.2) is 17.2 Å². The normalized spacial score (nSPS) is 15.5. The van der Waals surface area contributed by atoms with Crippen molar-refractivity contribution in [1.82, 2.24) is 30.0 Å². The molecule has 1 aliphatic heterocycles. The largest absolute Gasteiger partial charge is 0.494 e. The first kappa shape index (κ1) is 28.8. The summed E-state index contributed by atoms with van der Waals surface area (Å²) >= 11 is 0. The number of carbonyl (C=O) groups excluding carboxylic acids is 2. The minimum absolute atomic E-state index is 0.00712. The lowest BCUT2D eigenvalue weighted by Gasteiger charge is -2.34. The third-order valence-corrected chi connectivity index (χ3v) is 7.02. The van der Waals surface area contributed by atoms with Crippen molar-refractivity contribution in [2.45, 2.75) is 51.8 Å². The molecule has 2 amide bonds. The van der Waals surface area contributed by atoms with Crippen LogP contribution in [0.5, 0.6) is 5.75 Å². The number of nitrogens with one attached hydrogen (secondary N) is 1. The summed E-state index contributed by atoms with van der Waals surface area (Å²) in [5.41, 5.74) is 8.43. The number of carbonyl (C=O) groups is 2. The standard InChI is InChI=1S/C30H34FN7O4/c1-30(2,3)42-29(40)37-14-6-7-20(16-37)38-27-23(26(32)34-17-35-27)25(36-38)19-12-10-18(11-13-19)15-33-28(39)21-8-5-9-22(41-4)24(21)31/h5,8-13,17,20H,6-7,14-16H2,1-4H3,(H,33,39)(H2,32,34,35)/t20-/m1/s1. The van der Waals surface area contributed by atoms with Gasteiger partial charge in [-0.25, -0.2) is 23.8 Å². The van der Waals surface area contributed by atoms with Gasteiger partial charge in [0, 0.05) is 25.2 Å². The number of hydrogen-bond donors (Lipinski definition) is 2. The number of likely N-dealkylation sites (tertiary alicyclic amines) is 1. The predicted octanol–water partition coefficient (Wildman–Crippen LogP) is 4.73. The van der Waals surface area contributed by atoms with Crippen molar-refractivity contribution in [3.8, 4) is 17.0 Å². The van der Waals surface area contributed by atoms with Crippen LogP contribution in [0.1, 0.15) is 55.6 Å². The van der Waals surface area contributed by atoms with Crippen molar-refractivity contribution in [3.63, 3.8) is 0 Å². The molecule has 2 aromatic carbocycles. The van der Waals surface area contributed by atoms with Gasteiger partial charge in [-0.05, 0) is 51.3 Å². The molecule has 1 fully saturated rings. The number of nitrogens with zero attached hydrogens (tertiary/aromatic N) is 5. The zero-order valence-electron chi connectivity index (χ0n) is 24.1. The first-order chi connectivity index (χ1) is 20.1. The van der Waals surface area contributed by atoms with Crippen LogP contribution in [0.4, 0.5) is 15.0 Å². The van der Waals surface area contributed by atoms with Crippen LogP contribution in [0.3, 0.4) is 0 Å². The Morgan fingerprint density at radius 2 is 1.90 bits per heavy atom. The Morgan fingerprint density at radius 3 is 2.62 bits per heavy atom. The minimum atomic E-state index is -0.706. The van der Waals surface area contributed by atoms with Crippen LogP contribution < -0.4 is 15.8 Å². The van der Waals surface area contributed by atoms with E-state index in [9.17, 15) is 14.0 Å². The van der Waals surface area contributed by atoms with Gasteiger partial charge in [0.25, 0.3) is 5.91 Å². The molecule has 12 heteroatoms. The van der Waals surface area contributed by atoms with Gasteiger partial charge in [-0.3, -0.25) is 4.79 Å². The van der Waals surface area contributed by atoms with E-state index in [2.05, 4.69) is 15.3 Å². The number of piperidine rings is 1. The van der Waals surface area contributed by atoms with E-state index < -0.39 is 17.3 Å². The van der Waals surface area contributed by atoms with Crippen molar-refractivity contribution >= 4 is 28.9 Å². The molecular weight excluding hydrogens is 541 g/mol. The smallest absolute Gasteiger partial charge is 0.410 e. The molecule has 42 heavy (non-hydrogen) atoms. The number of nitrogen functional groups attached to an aromatic ring is 1. The lowest BCUT2D eigenvalue weighted by Crippen LogP contribution is -2.43. The Bertz CT molecular complexity index is 1610. The zero-order chi connectivity index (χ0) is 30.0. The number of benzene rings is 2. The molecule has 2 aromatic heterocycles. The molecule has 220 valence electrons. The summed E-state index contributed by atoms with van der Waals surface area (Å²) in [4.78, 5) is 35.7. The van der Waals surface area contributed by atoms with Crippen LogP contribution >= 0.6 is 0 Å². The molecule has 1 aliphatic rings. The first-order valence-corrected chi connectivity index (χ1v) is 13.7. The van der Waals surface area contributed by atoms with Gasteiger partial charge in [0.2, 0.25) is 0 Å². The number of amides is 2. The molecular formula is C30H34FN7O4. The number of nitrogens with two attached hydrogens (primary N) is 1. The van der Waals surface area contributed by atoms with Crippen molar-refractivity contribution in [2.75, 3.05) is 25.9 Å². The Labute approximate surface area is 242 Å². The molecule has 1 atom stereocenters. The van der Waals surface area contributed by atoms with Gasteiger partial charge < -0.3 is 25.4 Å². The van der Waals surface area contributed by atoms with Crippen LogP contribution in [-0.2, 0) is 11.3 Å². The maximum absolute atomic E-state index is 14.5. The molecule has 0 bridgehead atoms. The summed E-state index contributed by atoms with van der Waals surface area (Å²) in [5.74, 6) is -0.939. The van der Waals surface area contributed by atoms with Crippen LogP contribution in [0.25, 0.3) is 22.3 Å². The van der Waals surface area contributed by atoms with Gasteiger partial charge in [-0.15, -0.1) is 0 Å².